The lowest BCUT2D eigenvalue weighted by molar-refractivity contribution is 0.0998. The number of hydrogen-bond acceptors (Lipinski definition) is 4. The molecule has 0 aliphatic rings. The molecule has 2 rings (SSSR count). The molecule has 0 saturated carbocycles. The zero-order valence-corrected chi connectivity index (χ0v) is 15.0. The molecule has 0 radical (unpaired) electrons. The Labute approximate surface area is 148 Å². The van der Waals surface area contributed by atoms with Gasteiger partial charge in [-0.2, -0.15) is 0 Å². The number of benzene rings is 2. The van der Waals surface area contributed by atoms with E-state index < -0.39 is 0 Å². The van der Waals surface area contributed by atoms with Crippen molar-refractivity contribution in [3.63, 3.8) is 0 Å². The van der Waals surface area contributed by atoms with Gasteiger partial charge < -0.3 is 19.5 Å². The molecule has 5 nitrogen and oxygen atoms in total. The van der Waals surface area contributed by atoms with Crippen molar-refractivity contribution in [3.05, 3.63) is 54.1 Å². The van der Waals surface area contributed by atoms with Gasteiger partial charge in [-0.25, -0.2) is 0 Å². The fourth-order valence-corrected chi connectivity index (χ4v) is 2.25. The summed E-state index contributed by atoms with van der Waals surface area (Å²) < 4.78 is 16.6. The average Bonchev–Trinajstić information content (AvgIpc) is 2.59. The molecule has 0 atom stereocenters. The topological polar surface area (TPSA) is 56.8 Å². The Hall–Kier alpha value is -2.53. The Morgan fingerprint density at radius 2 is 1.88 bits per heavy atom. The van der Waals surface area contributed by atoms with Gasteiger partial charge in [-0.05, 0) is 45.0 Å². The third kappa shape index (κ3) is 6.12. The van der Waals surface area contributed by atoms with Crippen molar-refractivity contribution >= 4 is 11.6 Å². The molecule has 0 unspecified atom stereocenters. The Kier molecular flexibility index (Phi) is 7.29. The third-order valence-corrected chi connectivity index (χ3v) is 3.28. The fraction of sp³-hybridized carbons (Fsp3) is 0.350. The first-order chi connectivity index (χ1) is 12.1. The number of rotatable bonds is 9. The van der Waals surface area contributed by atoms with Crippen LogP contribution in [0.1, 0.15) is 31.1 Å². The lowest BCUT2D eigenvalue weighted by atomic mass is 10.2. The first-order valence-electron chi connectivity index (χ1n) is 8.47. The van der Waals surface area contributed by atoms with Gasteiger partial charge in [-0.15, -0.1) is 0 Å². The van der Waals surface area contributed by atoms with E-state index >= 15 is 0 Å². The molecular weight excluding hydrogens is 318 g/mol. The van der Waals surface area contributed by atoms with Crippen LogP contribution < -0.4 is 14.8 Å². The molecule has 0 bridgehead atoms. The average molecular weight is 343 g/mol. The number of carbonyl (C=O) groups is 1. The van der Waals surface area contributed by atoms with Gasteiger partial charge >= 0.3 is 0 Å². The van der Waals surface area contributed by atoms with Crippen LogP contribution >= 0.6 is 0 Å². The minimum absolute atomic E-state index is 0.0745. The molecule has 0 aliphatic heterocycles. The van der Waals surface area contributed by atoms with E-state index in [1.54, 1.807) is 18.2 Å². The van der Waals surface area contributed by atoms with Gasteiger partial charge in [0.05, 0.1) is 18.3 Å². The molecule has 2 aromatic rings. The summed E-state index contributed by atoms with van der Waals surface area (Å²) in [6, 6.07) is 14.5. The fourth-order valence-electron chi connectivity index (χ4n) is 2.25. The largest absolute Gasteiger partial charge is 0.491 e. The van der Waals surface area contributed by atoms with Crippen LogP contribution in [0.2, 0.25) is 0 Å². The molecule has 1 amide bonds. The van der Waals surface area contributed by atoms with Crippen LogP contribution in [0, 0.1) is 0 Å². The molecular formula is C20H25NO4. The van der Waals surface area contributed by atoms with E-state index in [2.05, 4.69) is 5.32 Å². The maximum atomic E-state index is 12.6. The highest BCUT2D eigenvalue weighted by Gasteiger charge is 2.13. The van der Waals surface area contributed by atoms with Crippen molar-refractivity contribution in [2.45, 2.75) is 26.9 Å². The van der Waals surface area contributed by atoms with E-state index in [-0.39, 0.29) is 12.0 Å². The van der Waals surface area contributed by atoms with Crippen LogP contribution in [-0.4, -0.2) is 31.8 Å². The third-order valence-electron chi connectivity index (χ3n) is 3.28. The summed E-state index contributed by atoms with van der Waals surface area (Å²) in [6.45, 7) is 7.37. The van der Waals surface area contributed by atoms with Crippen LogP contribution in [0.4, 0.5) is 5.69 Å². The molecule has 2 aromatic carbocycles. The van der Waals surface area contributed by atoms with E-state index in [9.17, 15) is 4.79 Å². The number of para-hydroxylation sites is 1. The molecule has 134 valence electrons. The SMILES string of the molecule is CCOCCOc1ccccc1C(=O)Nc1cccc(OC(C)C)c1. The van der Waals surface area contributed by atoms with Crippen LogP contribution in [-0.2, 0) is 4.74 Å². The summed E-state index contributed by atoms with van der Waals surface area (Å²) in [5, 5.41) is 2.88. The van der Waals surface area contributed by atoms with Crippen molar-refractivity contribution in [1.82, 2.24) is 0 Å². The monoisotopic (exact) mass is 343 g/mol. The quantitative estimate of drug-likeness (QED) is 0.695. The maximum absolute atomic E-state index is 12.6. The summed E-state index contributed by atoms with van der Waals surface area (Å²) in [5.41, 5.74) is 1.15. The van der Waals surface area contributed by atoms with Crippen molar-refractivity contribution in [2.24, 2.45) is 0 Å². The van der Waals surface area contributed by atoms with Crippen molar-refractivity contribution in [3.8, 4) is 11.5 Å². The lowest BCUT2D eigenvalue weighted by Crippen LogP contribution is -2.15. The second-order valence-corrected chi connectivity index (χ2v) is 5.69. The highest BCUT2D eigenvalue weighted by Crippen LogP contribution is 2.22. The predicted octanol–water partition coefficient (Wildman–Crippen LogP) is 4.14. The molecule has 1 N–H and O–H groups in total. The normalized spacial score (nSPS) is 10.6. The summed E-state index contributed by atoms with van der Waals surface area (Å²) >= 11 is 0. The van der Waals surface area contributed by atoms with Crippen LogP contribution in [0.15, 0.2) is 48.5 Å². The number of amides is 1. The maximum Gasteiger partial charge on any atom is 0.259 e. The Balaban J connectivity index is 2.05. The van der Waals surface area contributed by atoms with Crippen molar-refractivity contribution < 1.29 is 19.0 Å². The van der Waals surface area contributed by atoms with Gasteiger partial charge in [0.25, 0.3) is 5.91 Å². The van der Waals surface area contributed by atoms with E-state index in [1.165, 1.54) is 0 Å². The summed E-state index contributed by atoms with van der Waals surface area (Å²) in [6.07, 6.45) is 0.0745. The second-order valence-electron chi connectivity index (χ2n) is 5.69. The first kappa shape index (κ1) is 18.8. The van der Waals surface area contributed by atoms with E-state index in [4.69, 9.17) is 14.2 Å². The van der Waals surface area contributed by atoms with E-state index in [0.29, 0.717) is 42.6 Å². The Morgan fingerprint density at radius 1 is 1.08 bits per heavy atom. The number of anilines is 1. The van der Waals surface area contributed by atoms with Gasteiger partial charge in [0, 0.05) is 18.4 Å². The smallest absolute Gasteiger partial charge is 0.259 e. The number of carbonyl (C=O) groups excluding carboxylic acids is 1. The highest BCUT2D eigenvalue weighted by atomic mass is 16.5. The molecule has 0 spiro atoms. The number of ether oxygens (including phenoxy) is 3. The molecule has 0 aliphatic carbocycles. The van der Waals surface area contributed by atoms with Crippen molar-refractivity contribution in [2.75, 3.05) is 25.1 Å². The van der Waals surface area contributed by atoms with Crippen LogP contribution in [0.3, 0.4) is 0 Å². The van der Waals surface area contributed by atoms with Crippen LogP contribution in [0.5, 0.6) is 11.5 Å². The van der Waals surface area contributed by atoms with Gasteiger partial charge in [-0.1, -0.05) is 18.2 Å². The van der Waals surface area contributed by atoms with E-state index in [1.807, 2.05) is 51.1 Å². The van der Waals surface area contributed by atoms with Crippen LogP contribution in [0.25, 0.3) is 0 Å². The number of nitrogens with one attached hydrogen (secondary N) is 1. The molecule has 0 heterocycles. The van der Waals surface area contributed by atoms with E-state index in [0.717, 1.165) is 0 Å². The zero-order chi connectivity index (χ0) is 18.1. The van der Waals surface area contributed by atoms with Gasteiger partial charge in [0.15, 0.2) is 0 Å². The van der Waals surface area contributed by atoms with Gasteiger partial charge in [0.2, 0.25) is 0 Å². The summed E-state index contributed by atoms with van der Waals surface area (Å²) in [5.74, 6) is 1.03. The minimum Gasteiger partial charge on any atom is -0.491 e. The first-order valence-corrected chi connectivity index (χ1v) is 8.47. The summed E-state index contributed by atoms with van der Waals surface area (Å²) in [7, 11) is 0. The zero-order valence-electron chi connectivity index (χ0n) is 15.0. The van der Waals surface area contributed by atoms with Crippen molar-refractivity contribution in [1.29, 1.82) is 0 Å². The highest BCUT2D eigenvalue weighted by molar-refractivity contribution is 6.06. The van der Waals surface area contributed by atoms with Gasteiger partial charge in [-0.3, -0.25) is 4.79 Å². The standard InChI is InChI=1S/C20H25NO4/c1-4-23-12-13-24-19-11-6-5-10-18(19)20(22)21-16-8-7-9-17(14-16)25-15(2)3/h5-11,14-15H,4,12-13H2,1-3H3,(H,21,22). The molecule has 25 heavy (non-hydrogen) atoms. The Morgan fingerprint density at radius 3 is 2.64 bits per heavy atom. The molecule has 0 fully saturated rings. The predicted molar refractivity (Wildman–Crippen MR) is 98.6 cm³/mol. The molecule has 0 saturated heterocycles. The molecule has 0 aromatic heterocycles. The lowest BCUT2D eigenvalue weighted by Gasteiger charge is -2.13. The molecule has 5 heteroatoms. The summed E-state index contributed by atoms with van der Waals surface area (Å²) in [4.78, 5) is 12.6. The Bertz CT molecular complexity index is 685. The number of hydrogen-bond donors (Lipinski definition) is 1. The second kappa shape index (κ2) is 9.69. The minimum atomic E-state index is -0.228. The van der Waals surface area contributed by atoms with Gasteiger partial charge in [0.1, 0.15) is 18.1 Å².